The average Bonchev–Trinajstić information content (AvgIpc) is 3.30. The average molecular weight is 481 g/mol. The van der Waals surface area contributed by atoms with Gasteiger partial charge in [0.25, 0.3) is 0 Å². The third-order valence-corrected chi connectivity index (χ3v) is 8.71. The number of carboxylic acids is 1. The molecule has 0 saturated carbocycles. The van der Waals surface area contributed by atoms with Gasteiger partial charge in [0.1, 0.15) is 5.70 Å². The molecular formula is C21H32N6O5S. The van der Waals surface area contributed by atoms with E-state index in [1.165, 1.54) is 16.7 Å². The molecule has 4 aliphatic heterocycles. The highest BCUT2D eigenvalue weighted by atomic mass is 32.2. The number of nitrogens with zero attached hydrogens (tertiary/aromatic N) is 2. The first-order valence-electron chi connectivity index (χ1n) is 11.4. The summed E-state index contributed by atoms with van der Waals surface area (Å²) in [5.74, 6) is -2.26. The number of nitrogens with one attached hydrogen (secondary N) is 3. The number of carbonyl (C=O) groups is 3. The number of aliphatic carboxylic acids is 1. The van der Waals surface area contributed by atoms with Crippen molar-refractivity contribution in [2.45, 2.75) is 62.6 Å². The van der Waals surface area contributed by atoms with Gasteiger partial charge in [-0.25, -0.2) is 4.79 Å². The molecule has 0 aromatic carbocycles. The van der Waals surface area contributed by atoms with Crippen molar-refractivity contribution in [1.29, 1.82) is 5.41 Å². The van der Waals surface area contributed by atoms with E-state index in [0.29, 0.717) is 31.0 Å². The molecule has 11 nitrogen and oxygen atoms in total. The van der Waals surface area contributed by atoms with Crippen molar-refractivity contribution in [3.05, 3.63) is 10.6 Å². The zero-order valence-electron chi connectivity index (χ0n) is 18.8. The number of aliphatic hydroxyl groups excluding tert-OH is 1. The largest absolute Gasteiger partial charge is 0.477 e. The fourth-order valence-electron chi connectivity index (χ4n) is 5.42. The second-order valence-corrected chi connectivity index (χ2v) is 10.7. The lowest BCUT2D eigenvalue weighted by Crippen LogP contribution is -2.63. The van der Waals surface area contributed by atoms with Crippen molar-refractivity contribution in [3.63, 3.8) is 0 Å². The molecule has 33 heavy (non-hydrogen) atoms. The molecule has 0 radical (unpaired) electrons. The minimum absolute atomic E-state index is 0.00547. The van der Waals surface area contributed by atoms with E-state index >= 15 is 0 Å². The van der Waals surface area contributed by atoms with Crippen LogP contribution in [0.3, 0.4) is 0 Å². The van der Waals surface area contributed by atoms with Crippen molar-refractivity contribution < 1.29 is 24.6 Å². The SMILES string of the molecule is C[C@@H](O)[C@H]1C(=O)N2C(C(=O)O)=C(S[C@@H]3CN[C@H](C(=O)NC4CCN(C(=N)N)CC4)C3)[C@H](C)[C@H]12. The van der Waals surface area contributed by atoms with Gasteiger partial charge in [-0.3, -0.25) is 15.0 Å². The maximum atomic E-state index is 12.8. The van der Waals surface area contributed by atoms with Gasteiger partial charge in [0.15, 0.2) is 5.96 Å². The predicted octanol–water partition coefficient (Wildman–Crippen LogP) is -0.922. The predicted molar refractivity (Wildman–Crippen MR) is 122 cm³/mol. The number of guanidine groups is 1. The lowest BCUT2D eigenvalue weighted by atomic mass is 9.79. The standard InChI is InChI=1S/C21H32N6O5S/c1-9-15-14(10(2)28)19(30)27(15)16(20(31)32)17(9)33-12-7-13(24-8-12)18(29)25-11-3-5-26(6-4-11)21(22)23/h9-15,24,28H,3-8H2,1-2H3,(H3,22,23)(H,25,29)(H,31,32)/t9-,10-,12+,13+,14-,15-/m1/s1. The van der Waals surface area contributed by atoms with E-state index in [2.05, 4.69) is 10.6 Å². The number of carbonyl (C=O) groups excluding carboxylic acids is 2. The van der Waals surface area contributed by atoms with Crippen LogP contribution < -0.4 is 16.4 Å². The van der Waals surface area contributed by atoms with Gasteiger partial charge in [-0.1, -0.05) is 6.92 Å². The van der Waals surface area contributed by atoms with Crippen molar-refractivity contribution in [2.75, 3.05) is 19.6 Å². The van der Waals surface area contributed by atoms with E-state index in [-0.39, 0.29) is 52.8 Å². The van der Waals surface area contributed by atoms with Crippen LogP contribution in [0.15, 0.2) is 10.6 Å². The summed E-state index contributed by atoms with van der Waals surface area (Å²) in [6, 6.07) is -0.646. The quantitative estimate of drug-likeness (QED) is 0.160. The van der Waals surface area contributed by atoms with Gasteiger partial charge in [-0.15, -0.1) is 11.8 Å². The number of carboxylic acid groups (broad SMARTS) is 1. The van der Waals surface area contributed by atoms with Gasteiger partial charge in [0.05, 0.1) is 24.1 Å². The van der Waals surface area contributed by atoms with Crippen LogP contribution in [0.4, 0.5) is 0 Å². The first-order chi connectivity index (χ1) is 15.6. The number of hydrogen-bond donors (Lipinski definition) is 6. The van der Waals surface area contributed by atoms with Gasteiger partial charge in [0, 0.05) is 41.7 Å². The molecule has 4 heterocycles. The highest BCUT2D eigenvalue weighted by molar-refractivity contribution is 8.03. The topological polar surface area (TPSA) is 172 Å². The van der Waals surface area contributed by atoms with Gasteiger partial charge < -0.3 is 36.4 Å². The first-order valence-corrected chi connectivity index (χ1v) is 12.3. The number of β-lactam (4-membered cyclic amide) rings is 1. The van der Waals surface area contributed by atoms with Crippen LogP contribution in [0.2, 0.25) is 0 Å². The van der Waals surface area contributed by atoms with E-state index < -0.39 is 18.0 Å². The summed E-state index contributed by atoms with van der Waals surface area (Å²) in [7, 11) is 0. The van der Waals surface area contributed by atoms with Crippen molar-refractivity contribution in [2.24, 2.45) is 17.6 Å². The molecular weight excluding hydrogens is 448 g/mol. The van der Waals surface area contributed by atoms with Crippen molar-refractivity contribution in [3.8, 4) is 0 Å². The second-order valence-electron chi connectivity index (χ2n) is 9.36. The third kappa shape index (κ3) is 4.31. The summed E-state index contributed by atoms with van der Waals surface area (Å²) in [5, 5.41) is 33.6. The molecule has 3 saturated heterocycles. The highest BCUT2D eigenvalue weighted by Gasteiger charge is 2.60. The third-order valence-electron chi connectivity index (χ3n) is 7.19. The van der Waals surface area contributed by atoms with E-state index in [1.54, 1.807) is 11.8 Å². The Morgan fingerprint density at radius 2 is 2.00 bits per heavy atom. The van der Waals surface area contributed by atoms with Crippen LogP contribution in [0.25, 0.3) is 0 Å². The molecule has 0 aliphatic carbocycles. The number of amides is 2. The van der Waals surface area contributed by atoms with E-state index in [1.807, 2.05) is 6.92 Å². The number of likely N-dealkylation sites (tertiary alicyclic amines) is 1. The van der Waals surface area contributed by atoms with E-state index in [4.69, 9.17) is 11.1 Å². The summed E-state index contributed by atoms with van der Waals surface area (Å²) < 4.78 is 0. The van der Waals surface area contributed by atoms with E-state index in [0.717, 1.165) is 12.8 Å². The fraction of sp³-hybridized carbons (Fsp3) is 0.714. The Kier molecular flexibility index (Phi) is 6.61. The molecule has 2 amide bonds. The van der Waals surface area contributed by atoms with Crippen LogP contribution >= 0.6 is 11.8 Å². The maximum Gasteiger partial charge on any atom is 0.353 e. The molecule has 4 aliphatic rings. The lowest BCUT2D eigenvalue weighted by molar-refractivity contribution is -0.163. The number of fused-ring (bicyclic) bond motifs is 1. The molecule has 3 fully saturated rings. The summed E-state index contributed by atoms with van der Waals surface area (Å²) in [6.45, 7) is 5.31. The van der Waals surface area contributed by atoms with Gasteiger partial charge in [0.2, 0.25) is 11.8 Å². The molecule has 6 atom stereocenters. The Labute approximate surface area is 196 Å². The van der Waals surface area contributed by atoms with Crippen LogP contribution in [0.5, 0.6) is 0 Å². The molecule has 0 unspecified atom stereocenters. The monoisotopic (exact) mass is 480 g/mol. The normalized spacial score (nSPS) is 33.1. The number of aliphatic hydroxyl groups is 1. The molecule has 4 rings (SSSR count). The van der Waals surface area contributed by atoms with E-state index in [9.17, 15) is 24.6 Å². The molecule has 7 N–H and O–H groups in total. The Balaban J connectivity index is 1.35. The van der Waals surface area contributed by atoms with Crippen LogP contribution in [-0.2, 0) is 14.4 Å². The number of thioether (sulfide) groups is 1. The Bertz CT molecular complexity index is 886. The first kappa shape index (κ1) is 23.8. The van der Waals surface area contributed by atoms with Gasteiger partial charge >= 0.3 is 5.97 Å². The lowest BCUT2D eigenvalue weighted by Gasteiger charge is -2.46. The minimum Gasteiger partial charge on any atom is -0.477 e. The molecule has 0 aromatic heterocycles. The Morgan fingerprint density at radius 1 is 1.33 bits per heavy atom. The maximum absolute atomic E-state index is 12.8. The van der Waals surface area contributed by atoms with Gasteiger partial charge in [-0.2, -0.15) is 0 Å². The molecule has 12 heteroatoms. The fourth-order valence-corrected chi connectivity index (χ4v) is 6.90. The number of piperidine rings is 1. The van der Waals surface area contributed by atoms with Crippen LogP contribution in [0, 0.1) is 17.2 Å². The Morgan fingerprint density at radius 3 is 2.58 bits per heavy atom. The minimum atomic E-state index is -1.14. The van der Waals surface area contributed by atoms with Crippen molar-refractivity contribution >= 4 is 35.5 Å². The van der Waals surface area contributed by atoms with Crippen LogP contribution in [-0.4, -0.2) is 92.9 Å². The smallest absolute Gasteiger partial charge is 0.353 e. The molecule has 0 bridgehead atoms. The summed E-state index contributed by atoms with van der Waals surface area (Å²) in [6.07, 6.45) is 1.20. The highest BCUT2D eigenvalue weighted by Crippen LogP contribution is 2.51. The van der Waals surface area contributed by atoms with Crippen molar-refractivity contribution in [1.82, 2.24) is 20.4 Å². The molecule has 182 valence electrons. The zero-order chi connectivity index (χ0) is 24.0. The number of nitrogens with two attached hydrogens (primary N) is 1. The summed E-state index contributed by atoms with van der Waals surface area (Å²) in [4.78, 5) is 41.0. The summed E-state index contributed by atoms with van der Waals surface area (Å²) >= 11 is 1.43. The molecule has 0 aromatic rings. The zero-order valence-corrected chi connectivity index (χ0v) is 19.6. The van der Waals surface area contributed by atoms with Crippen LogP contribution in [0.1, 0.15) is 33.1 Å². The van der Waals surface area contributed by atoms with Gasteiger partial charge in [-0.05, 0) is 26.2 Å². The summed E-state index contributed by atoms with van der Waals surface area (Å²) in [5.41, 5.74) is 5.54. The number of hydrogen-bond acceptors (Lipinski definition) is 7. The number of rotatable bonds is 6. The molecule has 0 spiro atoms. The Hall–Kier alpha value is -2.31. The second kappa shape index (κ2) is 9.15.